The van der Waals surface area contributed by atoms with E-state index in [1.54, 1.807) is 6.92 Å². The molecule has 0 aromatic heterocycles. The van der Waals surface area contributed by atoms with Gasteiger partial charge in [0.05, 0.1) is 12.2 Å². The second kappa shape index (κ2) is 16.2. The lowest BCUT2D eigenvalue weighted by Gasteiger charge is -2.49. The third kappa shape index (κ3) is 9.99. The first kappa shape index (κ1) is 36.0. The minimum Gasteiger partial charge on any atom is -0.463 e. The second-order valence-corrected chi connectivity index (χ2v) is 11.3. The summed E-state index contributed by atoms with van der Waals surface area (Å²) in [5.74, 6) is -3.29. The van der Waals surface area contributed by atoms with Crippen molar-refractivity contribution in [1.29, 1.82) is 0 Å². The fourth-order valence-corrected chi connectivity index (χ4v) is 5.64. The summed E-state index contributed by atoms with van der Waals surface area (Å²) in [5.41, 5.74) is 0. The maximum absolute atomic E-state index is 12.4. The van der Waals surface area contributed by atoms with Crippen LogP contribution in [0.15, 0.2) is 0 Å². The minimum absolute atomic E-state index is 0.341. The van der Waals surface area contributed by atoms with E-state index < -0.39 is 104 Å². The van der Waals surface area contributed by atoms with Crippen LogP contribution in [0.4, 0.5) is 4.79 Å². The first-order valence-corrected chi connectivity index (χ1v) is 14.9. The Bertz CT molecular complexity index is 1090. The number of hydrogen-bond acceptors (Lipinski definition) is 15. The lowest BCUT2D eigenvalue weighted by molar-refractivity contribution is -0.341. The molecular formula is C29H43NO15. The summed E-state index contributed by atoms with van der Waals surface area (Å²) in [7, 11) is 1.29. The molecule has 16 nitrogen and oxygen atoms in total. The number of alkyl carbamates (subject to hydrolysis) is 1. The van der Waals surface area contributed by atoms with Crippen LogP contribution >= 0.6 is 0 Å². The van der Waals surface area contributed by atoms with Gasteiger partial charge in [0, 0.05) is 41.7 Å². The summed E-state index contributed by atoms with van der Waals surface area (Å²) < 4.78 is 51.6. The number of amides is 1. The van der Waals surface area contributed by atoms with E-state index in [1.165, 1.54) is 20.9 Å². The number of nitrogens with one attached hydrogen (secondary N) is 1. The minimum atomic E-state index is -1.59. The number of rotatable bonds is 11. The van der Waals surface area contributed by atoms with Crippen LogP contribution in [-0.2, 0) is 66.6 Å². The lowest BCUT2D eigenvalue weighted by atomic mass is 9.79. The van der Waals surface area contributed by atoms with Gasteiger partial charge in [-0.05, 0) is 19.3 Å². The molecular weight excluding hydrogens is 602 g/mol. The van der Waals surface area contributed by atoms with E-state index in [1.807, 2.05) is 0 Å². The van der Waals surface area contributed by atoms with Crippen molar-refractivity contribution in [3.63, 3.8) is 0 Å². The standard InChI is InChI=1S/C29H43NO15/c1-13-22(25(41-17(5)34)23(39-15(3)32)20(38-13)11-19-9-8-10-19)44-28-27(42-18(6)35)26(45-29(36)30-7)24(40-16(4)33)21(43-28)12-37-14(2)31/h13,19-28H,8-12H2,1-7H3,(H,30,36)/t13?,20-,21+,22+,23+,24+,25+,26+,27-,28+/m0/s1. The summed E-state index contributed by atoms with van der Waals surface area (Å²) in [4.78, 5) is 73.0. The van der Waals surface area contributed by atoms with Crippen molar-refractivity contribution >= 4 is 35.9 Å². The molecule has 0 spiro atoms. The molecule has 1 aliphatic carbocycles. The molecule has 3 fully saturated rings. The molecule has 3 rings (SSSR count). The predicted molar refractivity (Wildman–Crippen MR) is 148 cm³/mol. The Morgan fingerprint density at radius 2 is 1.16 bits per heavy atom. The van der Waals surface area contributed by atoms with E-state index in [4.69, 9.17) is 42.6 Å². The van der Waals surface area contributed by atoms with Crippen molar-refractivity contribution in [2.24, 2.45) is 5.92 Å². The van der Waals surface area contributed by atoms with Gasteiger partial charge in [0.15, 0.2) is 36.8 Å². The van der Waals surface area contributed by atoms with Gasteiger partial charge in [0.1, 0.15) is 18.8 Å². The van der Waals surface area contributed by atoms with Crippen LogP contribution < -0.4 is 5.32 Å². The average Bonchev–Trinajstić information content (AvgIpc) is 2.90. The summed E-state index contributed by atoms with van der Waals surface area (Å²) in [6.45, 7) is 6.94. The molecule has 1 unspecified atom stereocenters. The molecule has 2 saturated heterocycles. The Morgan fingerprint density at radius 3 is 1.64 bits per heavy atom. The van der Waals surface area contributed by atoms with Gasteiger partial charge in [-0.1, -0.05) is 19.3 Å². The van der Waals surface area contributed by atoms with Crippen LogP contribution in [0.5, 0.6) is 0 Å². The molecule has 1 saturated carbocycles. The Kier molecular flexibility index (Phi) is 12.9. The van der Waals surface area contributed by atoms with E-state index in [9.17, 15) is 28.8 Å². The molecule has 254 valence electrons. The highest BCUT2D eigenvalue weighted by atomic mass is 16.8. The molecule has 2 aliphatic heterocycles. The largest absolute Gasteiger partial charge is 0.463 e. The third-order valence-electron chi connectivity index (χ3n) is 7.65. The van der Waals surface area contributed by atoms with Gasteiger partial charge in [-0.25, -0.2) is 4.79 Å². The third-order valence-corrected chi connectivity index (χ3v) is 7.65. The number of carbonyl (C=O) groups excluding carboxylic acids is 6. The van der Waals surface area contributed by atoms with Gasteiger partial charge in [0.25, 0.3) is 0 Å². The maximum Gasteiger partial charge on any atom is 0.407 e. The molecule has 10 atom stereocenters. The van der Waals surface area contributed by atoms with E-state index in [0.717, 1.165) is 40.0 Å². The van der Waals surface area contributed by atoms with Crippen molar-refractivity contribution in [3.05, 3.63) is 0 Å². The Morgan fingerprint density at radius 1 is 0.644 bits per heavy atom. The van der Waals surface area contributed by atoms with Gasteiger partial charge in [0.2, 0.25) is 0 Å². The lowest BCUT2D eigenvalue weighted by Crippen LogP contribution is -2.66. The molecule has 3 aliphatic rings. The SMILES string of the molecule is CNC(=O)O[C@H]1[C@H](OC(C)=O)[C@@H](O[C@@H]2C(C)O[C@@H](CC3CCC3)[C@@H](OC(C)=O)[C@@H]2OC(C)=O)O[C@H](COC(C)=O)[C@H]1OC(C)=O. The fraction of sp³-hybridized carbons (Fsp3) is 0.793. The average molecular weight is 646 g/mol. The molecule has 45 heavy (non-hydrogen) atoms. The molecule has 1 amide bonds. The molecule has 0 radical (unpaired) electrons. The molecule has 0 aromatic carbocycles. The zero-order chi connectivity index (χ0) is 33.4. The fourth-order valence-electron chi connectivity index (χ4n) is 5.64. The highest BCUT2D eigenvalue weighted by Crippen LogP contribution is 2.39. The first-order valence-electron chi connectivity index (χ1n) is 14.9. The molecule has 1 N–H and O–H groups in total. The van der Waals surface area contributed by atoms with Gasteiger partial charge in [-0.2, -0.15) is 0 Å². The topological polar surface area (TPSA) is 198 Å². The highest BCUT2D eigenvalue weighted by molar-refractivity contribution is 5.69. The van der Waals surface area contributed by atoms with Gasteiger partial charge < -0.3 is 47.9 Å². The highest BCUT2D eigenvalue weighted by Gasteiger charge is 2.56. The van der Waals surface area contributed by atoms with Crippen molar-refractivity contribution in [2.45, 2.75) is 128 Å². The number of hydrogen-bond donors (Lipinski definition) is 1. The van der Waals surface area contributed by atoms with E-state index in [0.29, 0.717) is 12.3 Å². The van der Waals surface area contributed by atoms with Crippen molar-refractivity contribution in [2.75, 3.05) is 13.7 Å². The van der Waals surface area contributed by atoms with Crippen LogP contribution in [0.25, 0.3) is 0 Å². The molecule has 0 bridgehead atoms. The van der Waals surface area contributed by atoms with Gasteiger partial charge in [-0.15, -0.1) is 0 Å². The number of ether oxygens (including phenoxy) is 9. The van der Waals surface area contributed by atoms with E-state index in [2.05, 4.69) is 5.32 Å². The van der Waals surface area contributed by atoms with E-state index in [-0.39, 0.29) is 0 Å². The number of esters is 5. The van der Waals surface area contributed by atoms with Crippen molar-refractivity contribution < 1.29 is 71.4 Å². The van der Waals surface area contributed by atoms with Crippen LogP contribution in [0, 0.1) is 5.92 Å². The van der Waals surface area contributed by atoms with Crippen LogP contribution in [0.3, 0.4) is 0 Å². The smallest absolute Gasteiger partial charge is 0.407 e. The quantitative estimate of drug-likeness (QED) is 0.247. The van der Waals surface area contributed by atoms with E-state index >= 15 is 0 Å². The summed E-state index contributed by atoms with van der Waals surface area (Å²) >= 11 is 0. The molecule has 16 heteroatoms. The summed E-state index contributed by atoms with van der Waals surface area (Å²) in [6, 6.07) is 0. The van der Waals surface area contributed by atoms with Gasteiger partial charge in [-0.3, -0.25) is 24.0 Å². The second-order valence-electron chi connectivity index (χ2n) is 11.3. The normalized spacial score (nSPS) is 33.0. The monoisotopic (exact) mass is 645 g/mol. The van der Waals surface area contributed by atoms with Crippen LogP contribution in [0.1, 0.15) is 67.2 Å². The summed E-state index contributed by atoms with van der Waals surface area (Å²) in [5, 5.41) is 2.28. The molecule has 0 aromatic rings. The van der Waals surface area contributed by atoms with Crippen LogP contribution in [0.2, 0.25) is 0 Å². The zero-order valence-corrected chi connectivity index (χ0v) is 26.5. The Balaban J connectivity index is 2.04. The summed E-state index contributed by atoms with van der Waals surface area (Å²) in [6.07, 6.45) is -9.60. The molecule has 2 heterocycles. The van der Waals surface area contributed by atoms with Crippen molar-refractivity contribution in [1.82, 2.24) is 5.32 Å². The zero-order valence-electron chi connectivity index (χ0n) is 26.5. The van der Waals surface area contributed by atoms with Gasteiger partial charge >= 0.3 is 35.9 Å². The van der Waals surface area contributed by atoms with Crippen LogP contribution in [-0.4, -0.2) is 111 Å². The first-order chi connectivity index (χ1) is 21.2. The maximum atomic E-state index is 12.4. The Labute approximate surface area is 260 Å². The van der Waals surface area contributed by atoms with Crippen molar-refractivity contribution in [3.8, 4) is 0 Å². The number of carbonyl (C=O) groups is 6. The predicted octanol–water partition coefficient (Wildman–Crippen LogP) is 1.09. The Hall–Kier alpha value is -3.50.